The fourth-order valence-electron chi connectivity index (χ4n) is 2.68. The smallest absolute Gasteiger partial charge is 0.435 e. The van der Waals surface area contributed by atoms with Gasteiger partial charge in [-0.15, -0.1) is 0 Å². The van der Waals surface area contributed by atoms with Gasteiger partial charge in [-0.1, -0.05) is 29.8 Å². The first-order valence-electron chi connectivity index (χ1n) is 7.89. The summed E-state index contributed by atoms with van der Waals surface area (Å²) in [7, 11) is 0. The van der Waals surface area contributed by atoms with Gasteiger partial charge < -0.3 is 14.4 Å². The molecule has 1 aromatic carbocycles. The molecule has 0 aliphatic carbocycles. The summed E-state index contributed by atoms with van der Waals surface area (Å²) in [6.45, 7) is 4.44. The van der Waals surface area contributed by atoms with Crippen molar-refractivity contribution in [2.75, 3.05) is 13.2 Å². The Labute approximate surface area is 141 Å². The quantitative estimate of drug-likeness (QED) is 0.785. The number of piperidine rings is 1. The average molecular weight is 340 g/mol. The molecule has 1 saturated heterocycles. The highest BCUT2D eigenvalue weighted by molar-refractivity contribution is 6.32. The molecule has 0 radical (unpaired) electrons. The molecule has 0 aromatic heterocycles. The minimum absolute atomic E-state index is 0.0912. The number of carbonyl (C=O) groups excluding carboxylic acids is 2. The SMILES string of the molecule is CCOC(=O)OC1CCCCN1C(=O)Cc1cccc(C)c1Cl. The van der Waals surface area contributed by atoms with Crippen LogP contribution < -0.4 is 0 Å². The number of nitrogens with zero attached hydrogens (tertiary/aromatic N) is 1. The minimum Gasteiger partial charge on any atom is -0.435 e. The van der Waals surface area contributed by atoms with Gasteiger partial charge in [-0.3, -0.25) is 4.79 Å². The van der Waals surface area contributed by atoms with Crippen LogP contribution in [-0.4, -0.2) is 36.3 Å². The van der Waals surface area contributed by atoms with Crippen molar-refractivity contribution in [1.29, 1.82) is 0 Å². The second-order valence-electron chi connectivity index (χ2n) is 5.56. The fourth-order valence-corrected chi connectivity index (χ4v) is 2.87. The maximum absolute atomic E-state index is 12.6. The van der Waals surface area contributed by atoms with Crippen LogP contribution in [0.1, 0.15) is 37.3 Å². The molecule has 1 atom stereocenters. The number of benzene rings is 1. The summed E-state index contributed by atoms with van der Waals surface area (Å²) in [6.07, 6.45) is 1.36. The van der Waals surface area contributed by atoms with Gasteiger partial charge in [0.05, 0.1) is 13.0 Å². The van der Waals surface area contributed by atoms with E-state index in [1.165, 1.54) is 0 Å². The Bertz CT molecular complexity index is 576. The maximum Gasteiger partial charge on any atom is 0.510 e. The van der Waals surface area contributed by atoms with E-state index in [0.717, 1.165) is 24.0 Å². The second kappa shape index (κ2) is 8.20. The lowest BCUT2D eigenvalue weighted by molar-refractivity contribution is -0.145. The van der Waals surface area contributed by atoms with E-state index in [2.05, 4.69) is 0 Å². The van der Waals surface area contributed by atoms with Crippen LogP contribution in [0.4, 0.5) is 4.79 Å². The van der Waals surface area contributed by atoms with Crippen molar-refractivity contribution in [2.24, 2.45) is 0 Å². The number of rotatable bonds is 4. The predicted molar refractivity (Wildman–Crippen MR) is 87.4 cm³/mol. The van der Waals surface area contributed by atoms with Crippen LogP contribution in [0.5, 0.6) is 0 Å². The Morgan fingerprint density at radius 3 is 2.87 bits per heavy atom. The zero-order chi connectivity index (χ0) is 16.8. The van der Waals surface area contributed by atoms with E-state index in [4.69, 9.17) is 21.1 Å². The van der Waals surface area contributed by atoms with E-state index in [0.29, 0.717) is 18.0 Å². The average Bonchev–Trinajstić information content (AvgIpc) is 2.52. The number of halogens is 1. The van der Waals surface area contributed by atoms with Crippen LogP contribution >= 0.6 is 11.6 Å². The van der Waals surface area contributed by atoms with Crippen LogP contribution in [-0.2, 0) is 20.7 Å². The van der Waals surface area contributed by atoms with Gasteiger partial charge in [0, 0.05) is 18.0 Å². The van der Waals surface area contributed by atoms with Gasteiger partial charge in [0.2, 0.25) is 5.91 Å². The van der Waals surface area contributed by atoms with Gasteiger partial charge in [-0.2, -0.15) is 0 Å². The summed E-state index contributed by atoms with van der Waals surface area (Å²) in [4.78, 5) is 25.8. The molecule has 1 amide bonds. The first kappa shape index (κ1) is 17.6. The summed E-state index contributed by atoms with van der Waals surface area (Å²) in [5.74, 6) is -0.0912. The normalized spacial score (nSPS) is 17.7. The van der Waals surface area contributed by atoms with Crippen LogP contribution in [0.25, 0.3) is 0 Å². The van der Waals surface area contributed by atoms with Gasteiger partial charge in [0.1, 0.15) is 0 Å². The third-order valence-corrected chi connectivity index (χ3v) is 4.42. The second-order valence-corrected chi connectivity index (χ2v) is 5.94. The van der Waals surface area contributed by atoms with Gasteiger partial charge in [-0.05, 0) is 37.8 Å². The standard InChI is InChI=1S/C17H22ClNO4/c1-3-22-17(21)23-15-9-4-5-10-19(15)14(20)11-13-8-6-7-12(2)16(13)18/h6-8,15H,3-5,9-11H2,1-2H3. The van der Waals surface area contributed by atoms with E-state index in [9.17, 15) is 9.59 Å². The summed E-state index contributed by atoms with van der Waals surface area (Å²) < 4.78 is 10.1. The van der Waals surface area contributed by atoms with Crippen molar-refractivity contribution in [2.45, 2.75) is 45.8 Å². The van der Waals surface area contributed by atoms with Crippen LogP contribution in [0, 0.1) is 6.92 Å². The van der Waals surface area contributed by atoms with Gasteiger partial charge in [-0.25, -0.2) is 4.79 Å². The molecule has 2 rings (SSSR count). The molecule has 126 valence electrons. The van der Waals surface area contributed by atoms with Gasteiger partial charge in [0.25, 0.3) is 0 Å². The first-order valence-corrected chi connectivity index (χ1v) is 8.27. The molecular formula is C17H22ClNO4. The largest absolute Gasteiger partial charge is 0.510 e. The highest BCUT2D eigenvalue weighted by Gasteiger charge is 2.30. The molecule has 1 aliphatic rings. The van der Waals surface area contributed by atoms with Crippen LogP contribution in [0.2, 0.25) is 5.02 Å². The Kier molecular flexibility index (Phi) is 6.28. The van der Waals surface area contributed by atoms with Crippen molar-refractivity contribution in [3.63, 3.8) is 0 Å². The monoisotopic (exact) mass is 339 g/mol. The molecule has 6 heteroatoms. The van der Waals surface area contributed by atoms with Gasteiger partial charge >= 0.3 is 6.16 Å². The van der Waals surface area contributed by atoms with Crippen molar-refractivity contribution in [3.05, 3.63) is 34.3 Å². The van der Waals surface area contributed by atoms with Crippen molar-refractivity contribution >= 4 is 23.7 Å². The maximum atomic E-state index is 12.6. The molecule has 0 saturated carbocycles. The van der Waals surface area contributed by atoms with E-state index in [-0.39, 0.29) is 18.9 Å². The van der Waals surface area contributed by atoms with Crippen LogP contribution in [0.3, 0.4) is 0 Å². The van der Waals surface area contributed by atoms with E-state index in [1.807, 2.05) is 25.1 Å². The van der Waals surface area contributed by atoms with E-state index in [1.54, 1.807) is 11.8 Å². The van der Waals surface area contributed by atoms with Crippen molar-refractivity contribution in [3.8, 4) is 0 Å². The molecule has 1 unspecified atom stereocenters. The third-order valence-electron chi connectivity index (χ3n) is 3.88. The molecular weight excluding hydrogens is 318 g/mol. The summed E-state index contributed by atoms with van der Waals surface area (Å²) in [6, 6.07) is 5.63. The number of likely N-dealkylation sites (tertiary alicyclic amines) is 1. The molecule has 1 heterocycles. The summed E-state index contributed by atoms with van der Waals surface area (Å²) in [5.41, 5.74) is 1.73. The minimum atomic E-state index is -0.731. The van der Waals surface area contributed by atoms with E-state index >= 15 is 0 Å². The molecule has 1 aromatic rings. The molecule has 23 heavy (non-hydrogen) atoms. The number of aryl methyl sites for hydroxylation is 1. The number of carbonyl (C=O) groups is 2. The van der Waals surface area contributed by atoms with Crippen LogP contribution in [0.15, 0.2) is 18.2 Å². The van der Waals surface area contributed by atoms with Crippen molar-refractivity contribution < 1.29 is 19.1 Å². The number of ether oxygens (including phenoxy) is 2. The molecule has 1 fully saturated rings. The lowest BCUT2D eigenvalue weighted by Gasteiger charge is -2.34. The van der Waals surface area contributed by atoms with Crippen molar-refractivity contribution in [1.82, 2.24) is 4.90 Å². The topological polar surface area (TPSA) is 55.8 Å². The lowest BCUT2D eigenvalue weighted by atomic mass is 10.1. The Balaban J connectivity index is 2.05. The lowest BCUT2D eigenvalue weighted by Crippen LogP contribution is -2.46. The highest BCUT2D eigenvalue weighted by atomic mass is 35.5. The molecule has 0 N–H and O–H groups in total. The number of amides is 1. The predicted octanol–water partition coefficient (Wildman–Crippen LogP) is 3.70. The Hall–Kier alpha value is -1.75. The fraction of sp³-hybridized carbons (Fsp3) is 0.529. The van der Waals surface area contributed by atoms with Gasteiger partial charge in [0.15, 0.2) is 6.23 Å². The summed E-state index contributed by atoms with van der Waals surface area (Å²) in [5, 5.41) is 0.612. The number of hydrogen-bond donors (Lipinski definition) is 0. The highest BCUT2D eigenvalue weighted by Crippen LogP contribution is 2.24. The summed E-state index contributed by atoms with van der Waals surface area (Å²) >= 11 is 6.26. The first-order chi connectivity index (χ1) is 11.0. The zero-order valence-electron chi connectivity index (χ0n) is 13.5. The number of hydrogen-bond acceptors (Lipinski definition) is 4. The Morgan fingerprint density at radius 2 is 2.13 bits per heavy atom. The molecule has 0 bridgehead atoms. The zero-order valence-corrected chi connectivity index (χ0v) is 14.3. The molecule has 0 spiro atoms. The molecule has 5 nitrogen and oxygen atoms in total. The third kappa shape index (κ3) is 4.61. The molecule has 1 aliphatic heterocycles. The van der Waals surface area contributed by atoms with E-state index < -0.39 is 12.4 Å². The Morgan fingerprint density at radius 1 is 1.35 bits per heavy atom.